The van der Waals surface area contributed by atoms with E-state index in [1.807, 2.05) is 20.1 Å². The van der Waals surface area contributed by atoms with E-state index in [9.17, 15) is 4.79 Å². The number of amides is 1. The van der Waals surface area contributed by atoms with Gasteiger partial charge in [0, 0.05) is 37.8 Å². The zero-order chi connectivity index (χ0) is 15.6. The molecule has 0 spiro atoms. The quantitative estimate of drug-likeness (QED) is 0.505. The van der Waals surface area contributed by atoms with Crippen LogP contribution in [0.25, 0.3) is 0 Å². The number of carbonyl (C=O) groups is 1. The highest BCUT2D eigenvalue weighted by Crippen LogP contribution is 2.19. The fraction of sp³-hybridized carbons (Fsp3) is 0.933. The first kappa shape index (κ1) is 19.7. The van der Waals surface area contributed by atoms with Gasteiger partial charge in [0.15, 0.2) is 0 Å². The molecular weight excluding hydrogens is 270 g/mol. The highest BCUT2D eigenvalue weighted by atomic mass is 32.2. The van der Waals surface area contributed by atoms with E-state index in [0.29, 0.717) is 12.3 Å². The summed E-state index contributed by atoms with van der Waals surface area (Å²) < 4.78 is 0. The summed E-state index contributed by atoms with van der Waals surface area (Å²) in [5, 5.41) is 6.41. The molecule has 0 aromatic heterocycles. The molecule has 1 fully saturated rings. The van der Waals surface area contributed by atoms with Gasteiger partial charge in [0.2, 0.25) is 5.91 Å². The van der Waals surface area contributed by atoms with Crippen molar-refractivity contribution in [3.8, 4) is 0 Å². The molecule has 120 valence electrons. The van der Waals surface area contributed by atoms with Crippen molar-refractivity contribution in [3.63, 3.8) is 0 Å². The SMILES string of the molecule is CC.CSCC(=O)NCCNC(C)(C)CCN1CC1C. The third-order valence-corrected chi connectivity index (χ3v) is 3.89. The molecule has 0 aromatic rings. The van der Waals surface area contributed by atoms with Crippen LogP contribution >= 0.6 is 11.8 Å². The van der Waals surface area contributed by atoms with E-state index in [0.717, 1.165) is 19.0 Å². The summed E-state index contributed by atoms with van der Waals surface area (Å²) in [5.74, 6) is 0.677. The van der Waals surface area contributed by atoms with Crippen LogP contribution in [0.3, 0.4) is 0 Å². The smallest absolute Gasteiger partial charge is 0.230 e. The third kappa shape index (κ3) is 9.61. The first-order valence-electron chi connectivity index (χ1n) is 7.69. The van der Waals surface area contributed by atoms with Crippen molar-refractivity contribution in [2.24, 2.45) is 0 Å². The normalized spacial score (nSPS) is 20.9. The van der Waals surface area contributed by atoms with Crippen molar-refractivity contribution in [3.05, 3.63) is 0 Å². The molecule has 20 heavy (non-hydrogen) atoms. The van der Waals surface area contributed by atoms with Gasteiger partial charge in [0.1, 0.15) is 0 Å². The minimum Gasteiger partial charge on any atom is -0.354 e. The Labute approximate surface area is 129 Å². The number of hydrogen-bond acceptors (Lipinski definition) is 4. The highest BCUT2D eigenvalue weighted by Gasteiger charge is 2.30. The van der Waals surface area contributed by atoms with Crippen molar-refractivity contribution >= 4 is 17.7 Å². The topological polar surface area (TPSA) is 44.1 Å². The number of hydrogen-bond donors (Lipinski definition) is 2. The van der Waals surface area contributed by atoms with Crippen molar-refractivity contribution in [1.29, 1.82) is 0 Å². The molecule has 1 aliphatic heterocycles. The summed E-state index contributed by atoms with van der Waals surface area (Å²) in [5.41, 5.74) is 0.145. The number of carbonyl (C=O) groups excluding carboxylic acids is 1. The predicted octanol–water partition coefficient (Wildman–Crippen LogP) is 1.95. The second kappa shape index (κ2) is 10.5. The molecule has 1 aliphatic rings. The maximum Gasteiger partial charge on any atom is 0.230 e. The van der Waals surface area contributed by atoms with E-state index in [1.165, 1.54) is 13.1 Å². The summed E-state index contributed by atoms with van der Waals surface area (Å²) in [6, 6.07) is 0.784. The Morgan fingerprint density at radius 3 is 2.45 bits per heavy atom. The second-order valence-electron chi connectivity index (χ2n) is 5.69. The lowest BCUT2D eigenvalue weighted by molar-refractivity contribution is -0.118. The van der Waals surface area contributed by atoms with E-state index in [1.54, 1.807) is 11.8 Å². The van der Waals surface area contributed by atoms with E-state index in [2.05, 4.69) is 36.3 Å². The monoisotopic (exact) mass is 303 g/mol. The summed E-state index contributed by atoms with van der Waals surface area (Å²) >= 11 is 1.55. The van der Waals surface area contributed by atoms with E-state index >= 15 is 0 Å². The average Bonchev–Trinajstić information content (AvgIpc) is 3.12. The third-order valence-electron chi connectivity index (χ3n) is 3.34. The van der Waals surface area contributed by atoms with Gasteiger partial charge in [-0.15, -0.1) is 0 Å². The molecule has 0 aliphatic carbocycles. The molecule has 2 N–H and O–H groups in total. The molecule has 1 heterocycles. The molecule has 2 unspecified atom stereocenters. The van der Waals surface area contributed by atoms with Crippen molar-refractivity contribution < 1.29 is 4.79 Å². The minimum atomic E-state index is 0.125. The maximum absolute atomic E-state index is 11.3. The average molecular weight is 304 g/mol. The van der Waals surface area contributed by atoms with Crippen molar-refractivity contribution in [1.82, 2.24) is 15.5 Å². The molecule has 0 bridgehead atoms. The second-order valence-corrected chi connectivity index (χ2v) is 6.55. The van der Waals surface area contributed by atoms with Gasteiger partial charge in [-0.25, -0.2) is 0 Å². The maximum atomic E-state index is 11.3. The Bertz CT molecular complexity index is 272. The molecule has 1 amide bonds. The number of rotatable bonds is 9. The van der Waals surface area contributed by atoms with Gasteiger partial charge in [0.05, 0.1) is 5.75 Å². The molecule has 0 saturated carbocycles. The fourth-order valence-electron chi connectivity index (χ4n) is 1.90. The number of nitrogens with one attached hydrogen (secondary N) is 2. The van der Waals surface area contributed by atoms with Crippen LogP contribution in [-0.4, -0.2) is 60.6 Å². The number of thioether (sulfide) groups is 1. The molecule has 1 rings (SSSR count). The summed E-state index contributed by atoms with van der Waals surface area (Å²) in [6.07, 6.45) is 3.09. The Morgan fingerprint density at radius 2 is 1.95 bits per heavy atom. The van der Waals surface area contributed by atoms with Crippen molar-refractivity contribution in [2.45, 2.75) is 52.6 Å². The van der Waals surface area contributed by atoms with Gasteiger partial charge in [-0.2, -0.15) is 11.8 Å². The minimum absolute atomic E-state index is 0.125. The van der Waals surface area contributed by atoms with Crippen LogP contribution < -0.4 is 10.6 Å². The van der Waals surface area contributed by atoms with E-state index in [4.69, 9.17) is 0 Å². The predicted molar refractivity (Wildman–Crippen MR) is 90.5 cm³/mol. The lowest BCUT2D eigenvalue weighted by Crippen LogP contribution is -2.44. The van der Waals surface area contributed by atoms with Crippen LogP contribution in [0.15, 0.2) is 0 Å². The fourth-order valence-corrected chi connectivity index (χ4v) is 2.26. The van der Waals surface area contributed by atoms with Crippen LogP contribution in [-0.2, 0) is 4.79 Å². The van der Waals surface area contributed by atoms with Crippen LogP contribution in [0.5, 0.6) is 0 Å². The molecular formula is C15H33N3OS. The Kier molecular flexibility index (Phi) is 10.3. The number of nitrogens with zero attached hydrogens (tertiary/aromatic N) is 1. The standard InChI is InChI=1S/C13H27N3OS.C2H6/c1-11-9-16(11)8-5-13(2,3)15-7-6-14-12(17)10-18-4;1-2/h11,15H,5-10H2,1-4H3,(H,14,17);1-2H3. The molecule has 5 heteroatoms. The van der Waals surface area contributed by atoms with Crippen molar-refractivity contribution in [2.75, 3.05) is 38.2 Å². The zero-order valence-corrected chi connectivity index (χ0v) is 14.9. The van der Waals surface area contributed by atoms with Crippen LogP contribution in [0.4, 0.5) is 0 Å². The molecule has 4 nitrogen and oxygen atoms in total. The molecule has 1 saturated heterocycles. The van der Waals surface area contributed by atoms with Crippen LogP contribution in [0.2, 0.25) is 0 Å². The molecule has 0 aromatic carbocycles. The lowest BCUT2D eigenvalue weighted by Gasteiger charge is -2.27. The molecule has 2 atom stereocenters. The lowest BCUT2D eigenvalue weighted by atomic mass is 10.0. The highest BCUT2D eigenvalue weighted by molar-refractivity contribution is 7.99. The van der Waals surface area contributed by atoms with Gasteiger partial charge < -0.3 is 10.6 Å². The summed E-state index contributed by atoms with van der Waals surface area (Å²) in [6.45, 7) is 14.7. The first-order chi connectivity index (χ1) is 9.44. The van der Waals surface area contributed by atoms with Gasteiger partial charge in [-0.05, 0) is 33.4 Å². The molecule has 0 radical (unpaired) electrons. The zero-order valence-electron chi connectivity index (χ0n) is 14.1. The first-order valence-corrected chi connectivity index (χ1v) is 9.09. The Hall–Kier alpha value is -0.260. The van der Waals surface area contributed by atoms with Gasteiger partial charge in [-0.3, -0.25) is 9.69 Å². The van der Waals surface area contributed by atoms with E-state index in [-0.39, 0.29) is 11.4 Å². The van der Waals surface area contributed by atoms with Gasteiger partial charge in [0.25, 0.3) is 0 Å². The van der Waals surface area contributed by atoms with Crippen LogP contribution in [0.1, 0.15) is 41.0 Å². The van der Waals surface area contributed by atoms with Crippen LogP contribution in [0, 0.1) is 0 Å². The van der Waals surface area contributed by atoms with Gasteiger partial charge >= 0.3 is 0 Å². The summed E-state index contributed by atoms with van der Waals surface area (Å²) in [7, 11) is 0. The Balaban J connectivity index is 0.00000172. The van der Waals surface area contributed by atoms with Gasteiger partial charge in [-0.1, -0.05) is 13.8 Å². The van der Waals surface area contributed by atoms with E-state index < -0.39 is 0 Å². The summed E-state index contributed by atoms with van der Waals surface area (Å²) in [4.78, 5) is 13.7. The largest absolute Gasteiger partial charge is 0.354 e. The Morgan fingerprint density at radius 1 is 1.35 bits per heavy atom.